The highest BCUT2D eigenvalue weighted by Crippen LogP contribution is 2.38. The first-order chi connectivity index (χ1) is 9.69. The highest BCUT2D eigenvalue weighted by molar-refractivity contribution is 7.09. The third-order valence-electron chi connectivity index (χ3n) is 2.95. The first-order valence-corrected chi connectivity index (χ1v) is 6.94. The summed E-state index contributed by atoms with van der Waals surface area (Å²) in [4.78, 5) is 4.18. The Hall–Kier alpha value is -1.79. The average molecular weight is 295 g/mol. The first-order valence-electron chi connectivity index (χ1n) is 6.06. The van der Waals surface area contributed by atoms with E-state index in [9.17, 15) is 5.11 Å². The number of nitrogens with zero attached hydrogens (tertiary/aromatic N) is 1. The van der Waals surface area contributed by atoms with E-state index >= 15 is 0 Å². The zero-order valence-corrected chi connectivity index (χ0v) is 12.4. The third-order valence-corrected chi connectivity index (χ3v) is 3.75. The van der Waals surface area contributed by atoms with Crippen LogP contribution in [0, 0.1) is 0 Å². The SMILES string of the molecule is COc1cc(OC)c(C(O)Cc2nccs2)cc1OC. The van der Waals surface area contributed by atoms with Gasteiger partial charge in [-0.15, -0.1) is 11.3 Å². The molecule has 0 fully saturated rings. The van der Waals surface area contributed by atoms with Crippen molar-refractivity contribution in [2.75, 3.05) is 21.3 Å². The van der Waals surface area contributed by atoms with Crippen molar-refractivity contribution in [3.05, 3.63) is 34.3 Å². The summed E-state index contributed by atoms with van der Waals surface area (Å²) in [6.45, 7) is 0. The highest BCUT2D eigenvalue weighted by Gasteiger charge is 2.19. The maximum absolute atomic E-state index is 10.4. The van der Waals surface area contributed by atoms with Crippen LogP contribution in [0.25, 0.3) is 0 Å². The smallest absolute Gasteiger partial charge is 0.164 e. The zero-order chi connectivity index (χ0) is 14.5. The number of hydrogen-bond acceptors (Lipinski definition) is 6. The predicted molar refractivity (Wildman–Crippen MR) is 76.9 cm³/mol. The number of aliphatic hydroxyl groups excluding tert-OH is 1. The zero-order valence-electron chi connectivity index (χ0n) is 11.6. The van der Waals surface area contributed by atoms with Gasteiger partial charge in [0, 0.05) is 29.6 Å². The minimum absolute atomic E-state index is 0.434. The van der Waals surface area contributed by atoms with Crippen LogP contribution in [0.15, 0.2) is 23.7 Å². The van der Waals surface area contributed by atoms with Crippen molar-refractivity contribution >= 4 is 11.3 Å². The van der Waals surface area contributed by atoms with Crippen LogP contribution >= 0.6 is 11.3 Å². The normalized spacial score (nSPS) is 12.0. The Kier molecular flexibility index (Phi) is 4.81. The van der Waals surface area contributed by atoms with E-state index in [1.807, 2.05) is 5.38 Å². The lowest BCUT2D eigenvalue weighted by atomic mass is 10.0. The Morgan fingerprint density at radius 2 is 1.75 bits per heavy atom. The van der Waals surface area contributed by atoms with Crippen molar-refractivity contribution in [3.63, 3.8) is 0 Å². The molecule has 20 heavy (non-hydrogen) atoms. The molecule has 6 heteroatoms. The summed E-state index contributed by atoms with van der Waals surface area (Å²) in [7, 11) is 4.67. The molecule has 0 saturated carbocycles. The second-order valence-electron chi connectivity index (χ2n) is 4.09. The molecule has 2 aromatic rings. The van der Waals surface area contributed by atoms with Gasteiger partial charge in [-0.25, -0.2) is 4.98 Å². The third kappa shape index (κ3) is 3.02. The van der Waals surface area contributed by atoms with Crippen molar-refractivity contribution in [1.82, 2.24) is 4.98 Å². The summed E-state index contributed by atoms with van der Waals surface area (Å²) in [5, 5.41) is 13.1. The number of aromatic nitrogens is 1. The minimum atomic E-state index is -0.712. The number of methoxy groups -OCH3 is 3. The summed E-state index contributed by atoms with van der Waals surface area (Å²) in [6.07, 6.45) is 1.44. The fraction of sp³-hybridized carbons (Fsp3) is 0.357. The van der Waals surface area contributed by atoms with E-state index in [0.29, 0.717) is 29.2 Å². The molecule has 1 heterocycles. The Balaban J connectivity index is 2.33. The lowest BCUT2D eigenvalue weighted by molar-refractivity contribution is 0.173. The molecular formula is C14H17NO4S. The van der Waals surface area contributed by atoms with Crippen LogP contribution in [0.3, 0.4) is 0 Å². The monoisotopic (exact) mass is 295 g/mol. The molecule has 1 unspecified atom stereocenters. The molecule has 0 radical (unpaired) electrons. The summed E-state index contributed by atoms with van der Waals surface area (Å²) >= 11 is 1.51. The Bertz CT molecular complexity index is 557. The van der Waals surface area contributed by atoms with Gasteiger partial charge in [0.25, 0.3) is 0 Å². The Morgan fingerprint density at radius 3 is 2.30 bits per heavy atom. The molecule has 0 aliphatic heterocycles. The molecule has 0 bridgehead atoms. The maximum Gasteiger partial charge on any atom is 0.164 e. The van der Waals surface area contributed by atoms with E-state index < -0.39 is 6.10 Å². The van der Waals surface area contributed by atoms with Crippen LogP contribution < -0.4 is 14.2 Å². The topological polar surface area (TPSA) is 60.8 Å². The molecule has 0 saturated heterocycles. The number of ether oxygens (including phenoxy) is 3. The van der Waals surface area contributed by atoms with E-state index in [-0.39, 0.29) is 0 Å². The number of benzene rings is 1. The summed E-state index contributed by atoms with van der Waals surface area (Å²) in [5.41, 5.74) is 0.653. The molecule has 0 aliphatic carbocycles. The molecule has 108 valence electrons. The van der Waals surface area contributed by atoms with Crippen molar-refractivity contribution in [3.8, 4) is 17.2 Å². The molecule has 5 nitrogen and oxygen atoms in total. The largest absolute Gasteiger partial charge is 0.496 e. The second-order valence-corrected chi connectivity index (χ2v) is 5.07. The molecule has 0 aliphatic rings. The summed E-state index contributed by atoms with van der Waals surface area (Å²) < 4.78 is 15.8. The predicted octanol–water partition coefficient (Wildman–Crippen LogP) is 2.45. The van der Waals surface area contributed by atoms with Gasteiger partial charge in [-0.1, -0.05) is 0 Å². The maximum atomic E-state index is 10.4. The van der Waals surface area contributed by atoms with Crippen molar-refractivity contribution in [2.24, 2.45) is 0 Å². The van der Waals surface area contributed by atoms with E-state index in [1.165, 1.54) is 11.3 Å². The van der Waals surface area contributed by atoms with Crippen LogP contribution in [0.2, 0.25) is 0 Å². The lowest BCUT2D eigenvalue weighted by Crippen LogP contribution is -2.05. The molecule has 1 atom stereocenters. The quantitative estimate of drug-likeness (QED) is 0.887. The van der Waals surface area contributed by atoms with Crippen molar-refractivity contribution < 1.29 is 19.3 Å². The molecule has 1 N–H and O–H groups in total. The van der Waals surface area contributed by atoms with Gasteiger partial charge >= 0.3 is 0 Å². The van der Waals surface area contributed by atoms with E-state index in [4.69, 9.17) is 14.2 Å². The average Bonchev–Trinajstić information content (AvgIpc) is 2.98. The van der Waals surface area contributed by atoms with Gasteiger partial charge in [0.1, 0.15) is 5.75 Å². The van der Waals surface area contributed by atoms with Gasteiger partial charge in [0.05, 0.1) is 32.4 Å². The van der Waals surface area contributed by atoms with Gasteiger partial charge < -0.3 is 19.3 Å². The van der Waals surface area contributed by atoms with Gasteiger partial charge in [0.2, 0.25) is 0 Å². The lowest BCUT2D eigenvalue weighted by Gasteiger charge is -2.17. The van der Waals surface area contributed by atoms with E-state index in [1.54, 1.807) is 39.7 Å². The second kappa shape index (κ2) is 6.58. The van der Waals surface area contributed by atoms with Gasteiger partial charge in [-0.3, -0.25) is 0 Å². The number of aliphatic hydroxyl groups is 1. The van der Waals surface area contributed by atoms with E-state index in [0.717, 1.165) is 5.01 Å². The molecule has 1 aromatic heterocycles. The summed E-state index contributed by atoms with van der Waals surface area (Å²) in [6, 6.07) is 3.44. The number of thiazole rings is 1. The minimum Gasteiger partial charge on any atom is -0.496 e. The van der Waals surface area contributed by atoms with Crippen LogP contribution in [-0.2, 0) is 6.42 Å². The van der Waals surface area contributed by atoms with Gasteiger partial charge in [0.15, 0.2) is 11.5 Å². The fourth-order valence-electron chi connectivity index (χ4n) is 1.94. The van der Waals surface area contributed by atoms with Crippen molar-refractivity contribution in [1.29, 1.82) is 0 Å². The van der Waals surface area contributed by atoms with E-state index in [2.05, 4.69) is 4.98 Å². The Morgan fingerprint density at radius 1 is 1.10 bits per heavy atom. The fourth-order valence-corrected chi connectivity index (χ4v) is 2.60. The molecule has 2 rings (SSSR count). The molecule has 0 amide bonds. The van der Waals surface area contributed by atoms with Gasteiger partial charge in [-0.05, 0) is 6.07 Å². The standard InChI is InChI=1S/C14H17NO4S/c1-17-11-8-13(19-3)12(18-2)6-9(11)10(16)7-14-15-4-5-20-14/h4-6,8,10,16H,7H2,1-3H3. The van der Waals surface area contributed by atoms with Crippen LogP contribution in [0.5, 0.6) is 17.2 Å². The number of rotatable bonds is 6. The van der Waals surface area contributed by atoms with Gasteiger partial charge in [-0.2, -0.15) is 0 Å². The van der Waals surface area contributed by atoms with Crippen LogP contribution in [0.1, 0.15) is 16.7 Å². The molecule has 0 spiro atoms. The first kappa shape index (κ1) is 14.6. The van der Waals surface area contributed by atoms with Crippen LogP contribution in [0.4, 0.5) is 0 Å². The number of hydrogen-bond donors (Lipinski definition) is 1. The Labute approximate surface area is 121 Å². The highest BCUT2D eigenvalue weighted by atomic mass is 32.1. The van der Waals surface area contributed by atoms with Crippen LogP contribution in [-0.4, -0.2) is 31.4 Å². The molecular weight excluding hydrogens is 278 g/mol. The van der Waals surface area contributed by atoms with Crippen molar-refractivity contribution in [2.45, 2.75) is 12.5 Å². The molecule has 1 aromatic carbocycles. The summed E-state index contributed by atoms with van der Waals surface area (Å²) in [5.74, 6) is 1.68.